The normalized spacial score (nSPS) is 18.9. The van der Waals surface area contributed by atoms with Crippen LogP contribution in [0.4, 0.5) is 0 Å². The van der Waals surface area contributed by atoms with E-state index in [9.17, 15) is 9.90 Å². The molecular formula is C15H15NO4. The highest BCUT2D eigenvalue weighted by atomic mass is 16.5. The van der Waals surface area contributed by atoms with Crippen LogP contribution >= 0.6 is 0 Å². The van der Waals surface area contributed by atoms with Crippen LogP contribution in [0.2, 0.25) is 0 Å². The minimum atomic E-state index is -1.06. The van der Waals surface area contributed by atoms with E-state index in [1.54, 1.807) is 0 Å². The second-order valence-corrected chi connectivity index (χ2v) is 4.82. The zero-order chi connectivity index (χ0) is 13.9. The number of carbonyl (C=O) groups is 1. The van der Waals surface area contributed by atoms with Gasteiger partial charge in [0, 0.05) is 18.1 Å². The lowest BCUT2D eigenvalue weighted by Crippen LogP contribution is -2.17. The number of carboxylic acid groups (broad SMARTS) is 1. The molecule has 0 saturated carbocycles. The predicted octanol–water partition coefficient (Wildman–Crippen LogP) is 2.93. The molecule has 2 heterocycles. The number of rotatable bonds is 3. The zero-order valence-corrected chi connectivity index (χ0v) is 10.9. The third-order valence-electron chi connectivity index (χ3n) is 3.41. The molecule has 1 saturated heterocycles. The first-order chi connectivity index (χ1) is 9.75. The molecule has 1 atom stereocenters. The van der Waals surface area contributed by atoms with E-state index in [-0.39, 0.29) is 11.6 Å². The molecule has 1 aliphatic rings. The van der Waals surface area contributed by atoms with E-state index in [4.69, 9.17) is 9.15 Å². The molecule has 0 amide bonds. The largest absolute Gasteiger partial charge is 0.476 e. The maximum atomic E-state index is 11.3. The molecule has 0 bridgehead atoms. The summed E-state index contributed by atoms with van der Waals surface area (Å²) in [6, 6.07) is 9.31. The van der Waals surface area contributed by atoms with Crippen molar-refractivity contribution < 1.29 is 19.1 Å². The molecule has 1 unspecified atom stereocenters. The average Bonchev–Trinajstić information content (AvgIpc) is 2.94. The summed E-state index contributed by atoms with van der Waals surface area (Å²) in [6.07, 6.45) is 1.77. The number of carboxylic acids is 1. The van der Waals surface area contributed by atoms with E-state index in [0.717, 1.165) is 25.0 Å². The van der Waals surface area contributed by atoms with Crippen molar-refractivity contribution in [3.05, 3.63) is 41.8 Å². The molecule has 5 nitrogen and oxygen atoms in total. The van der Waals surface area contributed by atoms with Crippen molar-refractivity contribution in [2.24, 2.45) is 0 Å². The molecule has 2 aromatic rings. The average molecular weight is 273 g/mol. The highest BCUT2D eigenvalue weighted by Crippen LogP contribution is 2.32. The Kier molecular flexibility index (Phi) is 3.52. The first-order valence-electron chi connectivity index (χ1n) is 6.63. The summed E-state index contributed by atoms with van der Waals surface area (Å²) in [7, 11) is 0. The number of nitrogens with zero attached hydrogens (tertiary/aromatic N) is 1. The molecule has 104 valence electrons. The van der Waals surface area contributed by atoms with Crippen LogP contribution in [0.5, 0.6) is 0 Å². The molecule has 0 spiro atoms. The van der Waals surface area contributed by atoms with Gasteiger partial charge in [-0.2, -0.15) is 0 Å². The van der Waals surface area contributed by atoms with Gasteiger partial charge in [0.25, 0.3) is 0 Å². The smallest absolute Gasteiger partial charge is 0.358 e. The van der Waals surface area contributed by atoms with Gasteiger partial charge in [-0.15, -0.1) is 0 Å². The number of aromatic nitrogens is 1. The number of aromatic carboxylic acids is 1. The summed E-state index contributed by atoms with van der Waals surface area (Å²) < 4.78 is 11.1. The van der Waals surface area contributed by atoms with Crippen LogP contribution in [0.15, 0.2) is 34.7 Å². The van der Waals surface area contributed by atoms with Crippen LogP contribution < -0.4 is 0 Å². The molecule has 1 aliphatic heterocycles. The minimum absolute atomic E-state index is 0.000599. The molecule has 1 aromatic carbocycles. The van der Waals surface area contributed by atoms with E-state index in [0.29, 0.717) is 18.3 Å². The summed E-state index contributed by atoms with van der Waals surface area (Å²) in [5.41, 5.74) is 0.775. The summed E-state index contributed by atoms with van der Waals surface area (Å²) in [5.74, 6) is -0.309. The molecule has 1 N–H and O–H groups in total. The molecule has 3 rings (SSSR count). The predicted molar refractivity (Wildman–Crippen MR) is 71.7 cm³/mol. The number of oxazole rings is 1. The van der Waals surface area contributed by atoms with E-state index in [1.165, 1.54) is 0 Å². The Morgan fingerprint density at radius 2 is 2.10 bits per heavy atom. The Morgan fingerprint density at radius 3 is 2.75 bits per heavy atom. The first kappa shape index (κ1) is 12.9. The lowest BCUT2D eigenvalue weighted by Gasteiger charge is -2.20. The van der Waals surface area contributed by atoms with Gasteiger partial charge in [-0.05, 0) is 25.0 Å². The Labute approximate surface area is 116 Å². The van der Waals surface area contributed by atoms with Crippen molar-refractivity contribution in [3.8, 4) is 11.5 Å². The highest BCUT2D eigenvalue weighted by Gasteiger charge is 2.28. The van der Waals surface area contributed by atoms with Crippen molar-refractivity contribution in [1.29, 1.82) is 0 Å². The number of hydrogen-bond acceptors (Lipinski definition) is 4. The van der Waals surface area contributed by atoms with E-state index >= 15 is 0 Å². The van der Waals surface area contributed by atoms with Crippen molar-refractivity contribution in [3.63, 3.8) is 0 Å². The van der Waals surface area contributed by atoms with E-state index in [2.05, 4.69) is 4.98 Å². The third kappa shape index (κ3) is 2.44. The fourth-order valence-electron chi connectivity index (χ4n) is 2.41. The Morgan fingerprint density at radius 1 is 1.30 bits per heavy atom. The molecule has 1 fully saturated rings. The van der Waals surface area contributed by atoms with Crippen LogP contribution in [0.1, 0.15) is 35.0 Å². The summed E-state index contributed by atoms with van der Waals surface area (Å²) in [6.45, 7) is 1.21. The van der Waals surface area contributed by atoms with E-state index < -0.39 is 5.97 Å². The van der Waals surface area contributed by atoms with Gasteiger partial charge in [0.2, 0.25) is 5.89 Å². The van der Waals surface area contributed by atoms with Gasteiger partial charge >= 0.3 is 5.97 Å². The van der Waals surface area contributed by atoms with Crippen molar-refractivity contribution in [1.82, 2.24) is 4.98 Å². The topological polar surface area (TPSA) is 72.6 Å². The van der Waals surface area contributed by atoms with Crippen LogP contribution in [-0.2, 0) is 4.74 Å². The number of benzene rings is 1. The van der Waals surface area contributed by atoms with Gasteiger partial charge < -0.3 is 14.3 Å². The Balaban J connectivity index is 2.00. The summed E-state index contributed by atoms with van der Waals surface area (Å²) >= 11 is 0. The molecule has 5 heteroatoms. The monoisotopic (exact) mass is 273 g/mol. The standard InChI is InChI=1S/C15H15NO4/c17-15(18)12-13(11-7-4-8-19-9-11)20-14(16-12)10-5-2-1-3-6-10/h1-3,5-6,11H,4,7-9H2,(H,17,18). The Bertz CT molecular complexity index is 600. The number of ether oxygens (including phenoxy) is 1. The van der Waals surface area contributed by atoms with Gasteiger partial charge in [-0.25, -0.2) is 9.78 Å². The first-order valence-corrected chi connectivity index (χ1v) is 6.63. The molecule has 1 aromatic heterocycles. The third-order valence-corrected chi connectivity index (χ3v) is 3.41. The second kappa shape index (κ2) is 5.46. The SMILES string of the molecule is O=C(O)c1nc(-c2ccccc2)oc1C1CCCOC1. The second-order valence-electron chi connectivity index (χ2n) is 4.82. The van der Waals surface area contributed by atoms with Gasteiger partial charge in [0.15, 0.2) is 5.69 Å². The van der Waals surface area contributed by atoms with Crippen molar-refractivity contribution in [2.45, 2.75) is 18.8 Å². The Hall–Kier alpha value is -2.14. The summed E-state index contributed by atoms with van der Waals surface area (Å²) in [5, 5.41) is 9.29. The van der Waals surface area contributed by atoms with Gasteiger partial charge in [0.05, 0.1) is 6.61 Å². The molecule has 20 heavy (non-hydrogen) atoms. The molecule has 0 radical (unpaired) electrons. The van der Waals surface area contributed by atoms with E-state index in [1.807, 2.05) is 30.3 Å². The summed E-state index contributed by atoms with van der Waals surface area (Å²) in [4.78, 5) is 15.5. The lowest BCUT2D eigenvalue weighted by molar-refractivity contribution is 0.0657. The maximum Gasteiger partial charge on any atom is 0.358 e. The molecular weight excluding hydrogens is 258 g/mol. The van der Waals surface area contributed by atoms with Gasteiger partial charge in [-0.1, -0.05) is 18.2 Å². The van der Waals surface area contributed by atoms with Crippen LogP contribution in [0.25, 0.3) is 11.5 Å². The zero-order valence-electron chi connectivity index (χ0n) is 10.9. The van der Waals surface area contributed by atoms with Gasteiger partial charge in [0.1, 0.15) is 5.76 Å². The maximum absolute atomic E-state index is 11.3. The highest BCUT2D eigenvalue weighted by molar-refractivity contribution is 5.87. The fourth-order valence-corrected chi connectivity index (χ4v) is 2.41. The quantitative estimate of drug-likeness (QED) is 0.930. The lowest BCUT2D eigenvalue weighted by atomic mass is 9.98. The van der Waals surface area contributed by atoms with Crippen molar-refractivity contribution >= 4 is 5.97 Å². The molecule has 0 aliphatic carbocycles. The van der Waals surface area contributed by atoms with Gasteiger partial charge in [-0.3, -0.25) is 0 Å². The fraction of sp³-hybridized carbons (Fsp3) is 0.333. The van der Waals surface area contributed by atoms with Crippen LogP contribution in [0, 0.1) is 0 Å². The van der Waals surface area contributed by atoms with Crippen LogP contribution in [-0.4, -0.2) is 29.3 Å². The van der Waals surface area contributed by atoms with Crippen LogP contribution in [0.3, 0.4) is 0 Å². The number of hydrogen-bond donors (Lipinski definition) is 1. The van der Waals surface area contributed by atoms with Crippen molar-refractivity contribution in [2.75, 3.05) is 13.2 Å². The minimum Gasteiger partial charge on any atom is -0.476 e.